The summed E-state index contributed by atoms with van der Waals surface area (Å²) < 4.78 is 16.8. The molecule has 0 amide bonds. The Morgan fingerprint density at radius 1 is 0.735 bits per heavy atom. The van der Waals surface area contributed by atoms with E-state index >= 15 is 0 Å². The molecule has 0 radical (unpaired) electrons. The van der Waals surface area contributed by atoms with Crippen molar-refractivity contribution in [2.24, 2.45) is 0 Å². The van der Waals surface area contributed by atoms with E-state index in [-0.39, 0.29) is 18.8 Å². The fourth-order valence-corrected chi connectivity index (χ4v) is 3.87. The van der Waals surface area contributed by atoms with Crippen LogP contribution in [0.4, 0.5) is 0 Å². The second-order valence-electron chi connectivity index (χ2n) is 8.46. The van der Waals surface area contributed by atoms with Gasteiger partial charge in [0.25, 0.3) is 0 Å². The summed E-state index contributed by atoms with van der Waals surface area (Å²) in [6.07, 6.45) is -0.956. The summed E-state index contributed by atoms with van der Waals surface area (Å²) in [5, 5.41) is 14.0. The van der Waals surface area contributed by atoms with Gasteiger partial charge in [-0.3, -0.25) is 0 Å². The maximum absolute atomic E-state index is 10.6. The van der Waals surface area contributed by atoms with Crippen LogP contribution >= 0.6 is 0 Å². The van der Waals surface area contributed by atoms with Gasteiger partial charge < -0.3 is 29.5 Å². The van der Waals surface area contributed by atoms with Gasteiger partial charge in [0.15, 0.2) is 0 Å². The fourth-order valence-electron chi connectivity index (χ4n) is 3.87. The highest BCUT2D eigenvalue weighted by Gasteiger charge is 2.18. The Balaban J connectivity index is 1.61. The molecule has 3 aromatic rings. The molecule has 0 aromatic heterocycles. The molecule has 6 heteroatoms. The summed E-state index contributed by atoms with van der Waals surface area (Å²) in [5.74, 6) is 1.57. The van der Waals surface area contributed by atoms with Crippen LogP contribution in [0.2, 0.25) is 0 Å². The number of hydrogen-bond acceptors (Lipinski definition) is 6. The van der Waals surface area contributed by atoms with Gasteiger partial charge in [0.1, 0.15) is 17.6 Å². The topological polar surface area (TPSA) is 63.2 Å². The number of ether oxygens (including phenoxy) is 3. The van der Waals surface area contributed by atoms with Crippen molar-refractivity contribution in [2.45, 2.75) is 18.2 Å². The monoisotopic (exact) mass is 464 g/mol. The molecule has 0 fully saturated rings. The van der Waals surface area contributed by atoms with Gasteiger partial charge >= 0.3 is 0 Å². The smallest absolute Gasteiger partial charge is 0.118 e. The van der Waals surface area contributed by atoms with Gasteiger partial charge in [-0.25, -0.2) is 0 Å². The summed E-state index contributed by atoms with van der Waals surface area (Å²) in [6, 6.07) is 26.2. The van der Waals surface area contributed by atoms with Crippen LogP contribution in [0.25, 0.3) is 0 Å². The largest absolute Gasteiger partial charge is 0.497 e. The predicted molar refractivity (Wildman–Crippen MR) is 136 cm³/mol. The number of aliphatic hydroxyl groups excluding tert-OH is 1. The van der Waals surface area contributed by atoms with Crippen molar-refractivity contribution in [3.05, 3.63) is 95.6 Å². The maximum Gasteiger partial charge on any atom is 0.118 e. The van der Waals surface area contributed by atoms with E-state index in [1.165, 1.54) is 5.56 Å². The van der Waals surface area contributed by atoms with Gasteiger partial charge in [0.2, 0.25) is 0 Å². The van der Waals surface area contributed by atoms with E-state index in [1.54, 1.807) is 14.2 Å². The van der Waals surface area contributed by atoms with E-state index in [2.05, 4.69) is 36.4 Å². The number of rotatable bonds is 13. The lowest BCUT2D eigenvalue weighted by molar-refractivity contribution is 0.00615. The Bertz CT molecular complexity index is 914. The summed E-state index contributed by atoms with van der Waals surface area (Å²) in [5.41, 5.74) is 3.22. The summed E-state index contributed by atoms with van der Waals surface area (Å²) in [4.78, 5) is 2.18. The van der Waals surface area contributed by atoms with Crippen LogP contribution in [-0.2, 0) is 4.74 Å². The van der Waals surface area contributed by atoms with Gasteiger partial charge in [0, 0.05) is 19.1 Å². The molecule has 182 valence electrons. The molecule has 0 unspecified atom stereocenters. The number of aliphatic hydroxyl groups is 1. The highest BCUT2D eigenvalue weighted by atomic mass is 16.5. The molecule has 6 nitrogen and oxygen atoms in total. The maximum atomic E-state index is 10.6. The van der Waals surface area contributed by atoms with Crippen LogP contribution < -0.4 is 14.8 Å². The van der Waals surface area contributed by atoms with Gasteiger partial charge in [0.05, 0.1) is 26.9 Å². The van der Waals surface area contributed by atoms with E-state index in [0.29, 0.717) is 6.54 Å². The van der Waals surface area contributed by atoms with E-state index in [0.717, 1.165) is 29.2 Å². The lowest BCUT2D eigenvalue weighted by atomic mass is 10.0. The Kier molecular flexibility index (Phi) is 9.91. The Morgan fingerprint density at radius 2 is 1.26 bits per heavy atom. The van der Waals surface area contributed by atoms with Crippen LogP contribution in [0.1, 0.15) is 28.8 Å². The Hall–Kier alpha value is -2.90. The fraction of sp³-hybridized carbons (Fsp3) is 0.357. The third-order valence-electron chi connectivity index (χ3n) is 5.82. The molecule has 0 aliphatic heterocycles. The molecule has 34 heavy (non-hydrogen) atoms. The molecule has 0 bridgehead atoms. The molecule has 0 aliphatic rings. The average Bonchev–Trinajstić information content (AvgIpc) is 2.87. The predicted octanol–water partition coefficient (Wildman–Crippen LogP) is 4.06. The third kappa shape index (κ3) is 7.30. The van der Waals surface area contributed by atoms with Crippen molar-refractivity contribution >= 4 is 0 Å². The minimum Gasteiger partial charge on any atom is -0.497 e. The molecule has 0 saturated carbocycles. The van der Waals surface area contributed by atoms with Gasteiger partial charge in [-0.15, -0.1) is 0 Å². The zero-order valence-electron chi connectivity index (χ0n) is 20.5. The first kappa shape index (κ1) is 25.7. The molecule has 3 aromatic carbocycles. The molecule has 3 rings (SSSR count). The van der Waals surface area contributed by atoms with Crippen molar-refractivity contribution < 1.29 is 19.3 Å². The SMILES string of the molecule is COc1ccc(C(OC[C@H](O)CNC[C@H](c2ccccc2)N(C)C)c2ccc(OC)cc2)cc1. The van der Waals surface area contributed by atoms with Crippen molar-refractivity contribution in [2.75, 3.05) is 48.0 Å². The van der Waals surface area contributed by atoms with Crippen LogP contribution in [0.5, 0.6) is 11.5 Å². The quantitative estimate of drug-likeness (QED) is 0.398. The van der Waals surface area contributed by atoms with Crippen LogP contribution in [-0.4, -0.2) is 64.1 Å². The van der Waals surface area contributed by atoms with E-state index in [9.17, 15) is 5.11 Å². The Morgan fingerprint density at radius 3 is 1.74 bits per heavy atom. The number of methoxy groups -OCH3 is 2. The van der Waals surface area contributed by atoms with Crippen molar-refractivity contribution in [1.29, 1.82) is 0 Å². The minimum atomic E-state index is -0.641. The van der Waals surface area contributed by atoms with Crippen LogP contribution in [0.15, 0.2) is 78.9 Å². The first-order valence-corrected chi connectivity index (χ1v) is 11.5. The molecule has 2 atom stereocenters. The summed E-state index contributed by atoms with van der Waals surface area (Å²) >= 11 is 0. The molecule has 0 spiro atoms. The zero-order chi connectivity index (χ0) is 24.3. The lowest BCUT2D eigenvalue weighted by Gasteiger charge is -2.26. The van der Waals surface area contributed by atoms with Gasteiger partial charge in [-0.1, -0.05) is 54.6 Å². The third-order valence-corrected chi connectivity index (χ3v) is 5.82. The standard InChI is InChI=1S/C28H36N2O4/c1-30(2)27(21-8-6-5-7-9-21)19-29-18-24(31)20-34-28(22-10-14-25(32-3)15-11-22)23-12-16-26(33-4)17-13-23/h5-17,24,27-29,31H,18-20H2,1-4H3/t24-,27-/m1/s1. The van der Waals surface area contributed by atoms with E-state index in [1.807, 2.05) is 66.7 Å². The molecular weight excluding hydrogens is 428 g/mol. The van der Waals surface area contributed by atoms with Gasteiger partial charge in [-0.05, 0) is 55.1 Å². The van der Waals surface area contributed by atoms with Crippen LogP contribution in [0.3, 0.4) is 0 Å². The highest BCUT2D eigenvalue weighted by molar-refractivity contribution is 5.36. The average molecular weight is 465 g/mol. The molecule has 2 N–H and O–H groups in total. The number of nitrogens with one attached hydrogen (secondary N) is 1. The lowest BCUT2D eigenvalue weighted by Crippen LogP contribution is -2.36. The summed E-state index contributed by atoms with van der Waals surface area (Å²) in [7, 11) is 7.42. The number of likely N-dealkylation sites (N-methyl/N-ethyl adjacent to an activating group) is 1. The second-order valence-corrected chi connectivity index (χ2v) is 8.46. The number of nitrogens with zero attached hydrogens (tertiary/aromatic N) is 1. The minimum absolute atomic E-state index is 0.202. The second kappa shape index (κ2) is 13.1. The normalized spacial score (nSPS) is 13.1. The molecule has 0 heterocycles. The van der Waals surface area contributed by atoms with Crippen molar-refractivity contribution in [3.63, 3.8) is 0 Å². The van der Waals surface area contributed by atoms with Crippen molar-refractivity contribution in [1.82, 2.24) is 10.2 Å². The number of benzene rings is 3. The molecular formula is C28H36N2O4. The molecule has 0 aliphatic carbocycles. The van der Waals surface area contributed by atoms with Crippen LogP contribution in [0, 0.1) is 0 Å². The first-order chi connectivity index (χ1) is 16.5. The molecule has 0 saturated heterocycles. The highest BCUT2D eigenvalue weighted by Crippen LogP contribution is 2.29. The number of hydrogen-bond donors (Lipinski definition) is 2. The first-order valence-electron chi connectivity index (χ1n) is 11.5. The van der Waals surface area contributed by atoms with E-state index < -0.39 is 6.10 Å². The zero-order valence-corrected chi connectivity index (χ0v) is 20.5. The van der Waals surface area contributed by atoms with E-state index in [4.69, 9.17) is 14.2 Å². The summed E-state index contributed by atoms with van der Waals surface area (Å²) in [6.45, 7) is 1.37. The van der Waals surface area contributed by atoms with Crippen molar-refractivity contribution in [3.8, 4) is 11.5 Å². The Labute approximate surface area is 203 Å². The van der Waals surface area contributed by atoms with Gasteiger partial charge in [-0.2, -0.15) is 0 Å².